The molecule has 1 aromatic heterocycles. The number of aryl methyl sites for hydroxylation is 1. The van der Waals surface area contributed by atoms with Crippen LogP contribution in [0, 0.1) is 0 Å². The molecule has 1 atom stereocenters. The summed E-state index contributed by atoms with van der Waals surface area (Å²) in [6.07, 6.45) is -3.70. The summed E-state index contributed by atoms with van der Waals surface area (Å²) in [5.41, 5.74) is 6.67. The third kappa shape index (κ3) is 6.18. The van der Waals surface area contributed by atoms with Crippen LogP contribution in [0.1, 0.15) is 49.0 Å². The topological polar surface area (TPSA) is 88.2 Å². The normalized spacial score (nSPS) is 15.5. The fourth-order valence-corrected chi connectivity index (χ4v) is 3.06. The molecular weight excluding hydrogens is 370 g/mol. The van der Waals surface area contributed by atoms with Gasteiger partial charge in [-0.15, -0.1) is 11.3 Å². The van der Waals surface area contributed by atoms with Crippen molar-refractivity contribution in [3.63, 3.8) is 0 Å². The number of carbonyl (C=O) groups excluding carboxylic acids is 1. The van der Waals surface area contributed by atoms with Gasteiger partial charge in [0.2, 0.25) is 5.91 Å². The van der Waals surface area contributed by atoms with E-state index in [1.807, 2.05) is 30.3 Å². The second kappa shape index (κ2) is 10.0. The summed E-state index contributed by atoms with van der Waals surface area (Å²) in [5.74, 6) is -0.994. The number of carbonyl (C=O) groups is 1. The number of nitrogens with zero attached hydrogens (tertiary/aromatic N) is 1. The maximum absolute atomic E-state index is 12.5. The van der Waals surface area contributed by atoms with Crippen molar-refractivity contribution in [1.29, 1.82) is 0 Å². The number of aliphatic hydroxyl groups is 1. The second-order valence-corrected chi connectivity index (χ2v) is 6.98. The molecule has 0 radical (unpaired) electrons. The monoisotopic (exact) mass is 400 g/mol. The third-order valence-corrected chi connectivity index (χ3v) is 4.61. The molecule has 5 nitrogen and oxygen atoms in total. The lowest BCUT2D eigenvalue weighted by atomic mass is 10.0. The lowest BCUT2D eigenvalue weighted by molar-refractivity contribution is -0.115. The molecule has 0 saturated heterocycles. The van der Waals surface area contributed by atoms with Crippen LogP contribution in [0.2, 0.25) is 0 Å². The molecule has 0 unspecified atom stereocenters. The number of amides is 1. The van der Waals surface area contributed by atoms with E-state index in [-0.39, 0.29) is 28.3 Å². The van der Waals surface area contributed by atoms with Gasteiger partial charge in [0.25, 0.3) is 0 Å². The van der Waals surface area contributed by atoms with Crippen LogP contribution in [0.3, 0.4) is 0 Å². The van der Waals surface area contributed by atoms with Gasteiger partial charge in [-0.1, -0.05) is 48.9 Å². The fourth-order valence-electron chi connectivity index (χ4n) is 2.62. The summed E-state index contributed by atoms with van der Waals surface area (Å²) >= 11 is 0.787. The first-order valence-corrected chi connectivity index (χ1v) is 9.71. The number of aromatic nitrogens is 1. The van der Waals surface area contributed by atoms with Crippen LogP contribution in [0.15, 0.2) is 60.0 Å². The molecule has 4 N–H and O–H groups in total. The van der Waals surface area contributed by atoms with Crippen LogP contribution in [0.4, 0.5) is 10.8 Å². The van der Waals surface area contributed by atoms with Gasteiger partial charge in [0, 0.05) is 16.5 Å². The molecule has 0 saturated carbocycles. The molecule has 1 amide bonds. The Labute approximate surface area is 176 Å². The summed E-state index contributed by atoms with van der Waals surface area (Å²) < 4.78 is 40.5. The first-order chi connectivity index (χ1) is 15.5. The second-order valence-electron chi connectivity index (χ2n) is 6.15. The van der Waals surface area contributed by atoms with E-state index in [9.17, 15) is 9.90 Å². The molecule has 0 spiro atoms. The highest BCUT2D eigenvalue weighted by molar-refractivity contribution is 7.13. The highest BCUT2D eigenvalue weighted by Gasteiger charge is 2.08. The van der Waals surface area contributed by atoms with E-state index in [1.165, 1.54) is 24.3 Å². The first-order valence-electron chi connectivity index (χ1n) is 11.4. The molecule has 3 aromatic rings. The third-order valence-electron chi connectivity index (χ3n) is 4.02. The van der Waals surface area contributed by atoms with E-state index < -0.39 is 24.8 Å². The molecule has 0 fully saturated rings. The zero-order chi connectivity index (χ0) is 24.2. The average molecular weight is 401 g/mol. The van der Waals surface area contributed by atoms with E-state index >= 15 is 0 Å². The summed E-state index contributed by atoms with van der Waals surface area (Å²) in [6, 6.07) is 15.3. The summed E-state index contributed by atoms with van der Waals surface area (Å²) in [5, 5.41) is 12.5. The van der Waals surface area contributed by atoms with Crippen LogP contribution in [0.25, 0.3) is 0 Å². The molecule has 1 heterocycles. The van der Waals surface area contributed by atoms with E-state index in [1.54, 1.807) is 0 Å². The Kier molecular flexibility index (Phi) is 5.12. The van der Waals surface area contributed by atoms with E-state index in [0.29, 0.717) is 18.4 Å². The van der Waals surface area contributed by atoms with Crippen LogP contribution in [0.5, 0.6) is 0 Å². The van der Waals surface area contributed by atoms with Gasteiger partial charge in [-0.2, -0.15) is 0 Å². The average Bonchev–Trinajstić information content (AvgIpc) is 3.13. The number of anilines is 2. The molecule has 28 heavy (non-hydrogen) atoms. The van der Waals surface area contributed by atoms with Crippen LogP contribution < -0.4 is 11.1 Å². The standard InChI is InChI=1S/C22H25N3O2S/c23-22-25-19(15-28-22)14-21(27)24-18-12-10-16(11-13-18)6-4-5-9-20(26)17-7-2-1-3-8-17/h1-3,7-8,10-13,15,20,26H,4-6,9,14H2,(H2,23,25)(H,24,27)/t20-/m0/s1/i6D2,14D2,15D. The van der Waals surface area contributed by atoms with Crippen LogP contribution in [-0.2, 0) is 17.5 Å². The smallest absolute Gasteiger partial charge is 0.230 e. The van der Waals surface area contributed by atoms with Crippen molar-refractivity contribution in [2.45, 2.75) is 38.1 Å². The van der Waals surface area contributed by atoms with Crippen LogP contribution >= 0.6 is 11.3 Å². The number of aliphatic hydroxyl groups excluding tert-OH is 1. The van der Waals surface area contributed by atoms with E-state index in [2.05, 4.69) is 10.3 Å². The van der Waals surface area contributed by atoms with Gasteiger partial charge in [0.1, 0.15) is 0 Å². The van der Waals surface area contributed by atoms with Gasteiger partial charge in [-0.3, -0.25) is 4.79 Å². The van der Waals surface area contributed by atoms with Gasteiger partial charge in [-0.05, 0) is 42.5 Å². The van der Waals surface area contributed by atoms with Gasteiger partial charge in [-0.25, -0.2) is 4.98 Å². The first kappa shape index (κ1) is 14.3. The minimum absolute atomic E-state index is 0.00884. The number of hydrogen-bond acceptors (Lipinski definition) is 5. The Balaban J connectivity index is 1.59. The largest absolute Gasteiger partial charge is 0.388 e. The zero-order valence-electron chi connectivity index (χ0n) is 20.2. The summed E-state index contributed by atoms with van der Waals surface area (Å²) in [6.45, 7) is 0. The lowest BCUT2D eigenvalue weighted by Gasteiger charge is -2.10. The zero-order valence-corrected chi connectivity index (χ0v) is 16.0. The molecule has 0 aliphatic rings. The Hall–Kier alpha value is -2.70. The van der Waals surface area contributed by atoms with Gasteiger partial charge in [0.15, 0.2) is 5.13 Å². The highest BCUT2D eigenvalue weighted by Crippen LogP contribution is 2.20. The Morgan fingerprint density at radius 3 is 2.64 bits per heavy atom. The van der Waals surface area contributed by atoms with Gasteiger partial charge >= 0.3 is 0 Å². The number of benzene rings is 2. The number of rotatable bonds is 9. The molecule has 0 aliphatic heterocycles. The lowest BCUT2D eigenvalue weighted by Crippen LogP contribution is -2.14. The van der Waals surface area contributed by atoms with E-state index in [4.69, 9.17) is 12.6 Å². The minimum atomic E-state index is -2.54. The highest BCUT2D eigenvalue weighted by atomic mass is 32.1. The Morgan fingerprint density at radius 1 is 1.21 bits per heavy atom. The van der Waals surface area contributed by atoms with Crippen LogP contribution in [-0.4, -0.2) is 16.0 Å². The van der Waals surface area contributed by atoms with Crippen molar-refractivity contribution in [3.05, 3.63) is 76.8 Å². The summed E-state index contributed by atoms with van der Waals surface area (Å²) in [4.78, 5) is 16.2. The Bertz CT molecular complexity index is 1090. The predicted octanol–water partition coefficient (Wildman–Crippen LogP) is 4.35. The molecule has 0 aliphatic carbocycles. The molecule has 6 heteroatoms. The fraction of sp³-hybridized carbons (Fsp3) is 0.273. The van der Waals surface area contributed by atoms with Crippen molar-refractivity contribution in [1.82, 2.24) is 4.98 Å². The van der Waals surface area contributed by atoms with E-state index in [0.717, 1.165) is 16.9 Å². The van der Waals surface area contributed by atoms with Gasteiger partial charge in [0.05, 0.1) is 19.5 Å². The number of thiazole rings is 1. The minimum Gasteiger partial charge on any atom is -0.388 e. The maximum Gasteiger partial charge on any atom is 0.230 e. The number of nitrogens with two attached hydrogens (primary N) is 1. The quantitative estimate of drug-likeness (QED) is 0.498. The maximum atomic E-state index is 12.5. The molecule has 0 bridgehead atoms. The molecule has 2 aromatic carbocycles. The van der Waals surface area contributed by atoms with Crippen molar-refractivity contribution < 1.29 is 16.8 Å². The predicted molar refractivity (Wildman–Crippen MR) is 114 cm³/mol. The van der Waals surface area contributed by atoms with Crippen molar-refractivity contribution in [2.75, 3.05) is 11.1 Å². The van der Waals surface area contributed by atoms with Crippen molar-refractivity contribution in [2.24, 2.45) is 0 Å². The Morgan fingerprint density at radius 2 is 1.96 bits per heavy atom. The molecular formula is C22H25N3O2S. The van der Waals surface area contributed by atoms with Crippen molar-refractivity contribution >= 4 is 28.1 Å². The summed E-state index contributed by atoms with van der Waals surface area (Å²) in [7, 11) is 0. The number of hydrogen-bond donors (Lipinski definition) is 3. The number of nitrogens with one attached hydrogen (secondary N) is 1. The SMILES string of the molecule is [2H]c1sc(N)nc1C([2H])([2H])C(=O)Nc1ccc(C([2H])([2H])CCC[C@H](O)c2ccccc2)cc1. The van der Waals surface area contributed by atoms with Crippen molar-refractivity contribution in [3.8, 4) is 0 Å². The molecule has 3 rings (SSSR count). The van der Waals surface area contributed by atoms with Gasteiger partial charge < -0.3 is 16.2 Å². The number of nitrogen functional groups attached to an aromatic ring is 1. The molecule has 146 valence electrons.